The van der Waals surface area contributed by atoms with Gasteiger partial charge in [-0.1, -0.05) is 37.5 Å². The maximum atomic E-state index is 13.5. The summed E-state index contributed by atoms with van der Waals surface area (Å²) in [5, 5.41) is 22.6. The van der Waals surface area contributed by atoms with E-state index in [9.17, 15) is 9.90 Å². The van der Waals surface area contributed by atoms with E-state index in [1.807, 2.05) is 4.90 Å². The van der Waals surface area contributed by atoms with Gasteiger partial charge in [0.2, 0.25) is 0 Å². The van der Waals surface area contributed by atoms with Gasteiger partial charge in [-0.25, -0.2) is 0 Å². The number of nitrogens with zero attached hydrogens (tertiary/aromatic N) is 4. The van der Waals surface area contributed by atoms with Crippen LogP contribution in [0.3, 0.4) is 0 Å². The number of H-pyrrole nitrogens is 1. The minimum atomic E-state index is -0.143. The van der Waals surface area contributed by atoms with Crippen LogP contribution in [-0.4, -0.2) is 75.2 Å². The SMILES string of the molecule is CN1CCN(Cc2ccc3c(c2)CN(C(=O)c2cc4c(NC5CCCCC5)n[nH]c4cc2O)C3)CC1. The van der Waals surface area contributed by atoms with E-state index in [4.69, 9.17) is 0 Å². The molecule has 6 rings (SSSR count). The van der Waals surface area contributed by atoms with Crippen molar-refractivity contribution in [3.05, 3.63) is 52.6 Å². The summed E-state index contributed by atoms with van der Waals surface area (Å²) in [5.41, 5.74) is 4.77. The molecule has 1 aliphatic carbocycles. The van der Waals surface area contributed by atoms with E-state index in [-0.39, 0.29) is 11.7 Å². The van der Waals surface area contributed by atoms with Crippen LogP contribution < -0.4 is 5.32 Å². The number of rotatable bonds is 5. The lowest BCUT2D eigenvalue weighted by Crippen LogP contribution is -2.43. The first kappa shape index (κ1) is 23.3. The average molecular weight is 489 g/mol. The lowest BCUT2D eigenvalue weighted by Gasteiger charge is -2.32. The Balaban J connectivity index is 1.17. The highest BCUT2D eigenvalue weighted by molar-refractivity contribution is 6.03. The van der Waals surface area contributed by atoms with Gasteiger partial charge in [-0.15, -0.1) is 0 Å². The summed E-state index contributed by atoms with van der Waals surface area (Å²) in [7, 11) is 2.18. The second-order valence-corrected chi connectivity index (χ2v) is 10.8. The van der Waals surface area contributed by atoms with Gasteiger partial charge in [-0.05, 0) is 42.6 Å². The van der Waals surface area contributed by atoms with Gasteiger partial charge >= 0.3 is 0 Å². The summed E-state index contributed by atoms with van der Waals surface area (Å²) in [6, 6.07) is 10.4. The summed E-state index contributed by atoms with van der Waals surface area (Å²) < 4.78 is 0. The number of hydrogen-bond donors (Lipinski definition) is 3. The quantitative estimate of drug-likeness (QED) is 0.505. The molecule has 1 aromatic heterocycles. The van der Waals surface area contributed by atoms with Crippen LogP contribution in [0.4, 0.5) is 5.82 Å². The number of benzene rings is 2. The minimum absolute atomic E-state index is 0.00734. The largest absolute Gasteiger partial charge is 0.507 e. The number of piperazine rings is 1. The van der Waals surface area contributed by atoms with Crippen LogP contribution in [0.2, 0.25) is 0 Å². The van der Waals surface area contributed by atoms with Gasteiger partial charge in [0, 0.05) is 63.3 Å². The Morgan fingerprint density at radius 2 is 1.83 bits per heavy atom. The van der Waals surface area contributed by atoms with Crippen LogP contribution in [0.15, 0.2) is 30.3 Å². The molecule has 8 nitrogen and oxygen atoms in total. The van der Waals surface area contributed by atoms with Gasteiger partial charge in [0.1, 0.15) is 5.75 Å². The Morgan fingerprint density at radius 1 is 1.06 bits per heavy atom. The van der Waals surface area contributed by atoms with Crippen molar-refractivity contribution in [2.45, 2.75) is 57.8 Å². The molecule has 0 unspecified atom stereocenters. The molecule has 0 atom stereocenters. The molecule has 1 saturated carbocycles. The number of hydrogen-bond acceptors (Lipinski definition) is 6. The van der Waals surface area contributed by atoms with Gasteiger partial charge in [-0.2, -0.15) is 5.10 Å². The van der Waals surface area contributed by atoms with E-state index >= 15 is 0 Å². The first-order valence-electron chi connectivity index (χ1n) is 13.3. The Morgan fingerprint density at radius 3 is 2.64 bits per heavy atom. The van der Waals surface area contributed by atoms with Gasteiger partial charge in [0.05, 0.1) is 11.1 Å². The van der Waals surface area contributed by atoms with Crippen LogP contribution in [0, 0.1) is 0 Å². The van der Waals surface area contributed by atoms with Crippen molar-refractivity contribution in [1.29, 1.82) is 0 Å². The molecule has 0 spiro atoms. The zero-order valence-electron chi connectivity index (χ0n) is 21.1. The molecule has 190 valence electrons. The predicted octanol–water partition coefficient (Wildman–Crippen LogP) is 3.92. The molecule has 1 saturated heterocycles. The third-order valence-electron chi connectivity index (χ3n) is 8.14. The fourth-order valence-electron chi connectivity index (χ4n) is 5.90. The number of nitrogens with one attached hydrogen (secondary N) is 2. The Kier molecular flexibility index (Phi) is 6.31. The molecule has 3 heterocycles. The molecule has 2 fully saturated rings. The average Bonchev–Trinajstić information content (AvgIpc) is 3.48. The number of phenolic OH excluding ortho intramolecular Hbond substituents is 1. The third kappa shape index (κ3) is 4.67. The van der Waals surface area contributed by atoms with Gasteiger partial charge < -0.3 is 20.2 Å². The summed E-state index contributed by atoms with van der Waals surface area (Å²) >= 11 is 0. The number of aromatic hydroxyl groups is 1. The molecule has 1 amide bonds. The number of phenols is 1. The van der Waals surface area contributed by atoms with E-state index in [1.165, 1.54) is 36.0 Å². The first-order chi connectivity index (χ1) is 17.5. The minimum Gasteiger partial charge on any atom is -0.507 e. The predicted molar refractivity (Wildman–Crippen MR) is 141 cm³/mol. The first-order valence-corrected chi connectivity index (χ1v) is 13.3. The standard InChI is InChI=1S/C28H36N6O2/c1-32-9-11-33(12-10-32)16-19-7-8-20-17-34(18-21(20)13-19)28(36)24-14-23-25(15-26(24)35)30-31-27(23)29-22-5-3-2-4-6-22/h7-8,13-15,22,35H,2-6,9-12,16-18H2,1H3,(H2,29,30,31). The van der Waals surface area contributed by atoms with Crippen LogP contribution in [0.25, 0.3) is 10.9 Å². The highest BCUT2D eigenvalue weighted by Crippen LogP contribution is 2.33. The zero-order valence-corrected chi connectivity index (χ0v) is 21.1. The maximum Gasteiger partial charge on any atom is 0.258 e. The summed E-state index contributed by atoms with van der Waals surface area (Å²) in [6.07, 6.45) is 6.04. The molecule has 2 aliphatic heterocycles. The zero-order chi connectivity index (χ0) is 24.6. The van der Waals surface area contributed by atoms with Crippen LogP contribution >= 0.6 is 0 Å². The maximum absolute atomic E-state index is 13.5. The van der Waals surface area contributed by atoms with E-state index < -0.39 is 0 Å². The number of amides is 1. The van der Waals surface area contributed by atoms with E-state index in [2.05, 4.69) is 50.6 Å². The van der Waals surface area contributed by atoms with Crippen molar-refractivity contribution in [1.82, 2.24) is 24.9 Å². The van der Waals surface area contributed by atoms with Crippen molar-refractivity contribution < 1.29 is 9.90 Å². The number of anilines is 1. The molecule has 3 N–H and O–H groups in total. The number of carbonyl (C=O) groups excluding carboxylic acids is 1. The molecule has 0 radical (unpaired) electrons. The fourth-order valence-corrected chi connectivity index (χ4v) is 5.90. The van der Waals surface area contributed by atoms with Gasteiger partial charge in [0.25, 0.3) is 5.91 Å². The lowest BCUT2D eigenvalue weighted by atomic mass is 9.95. The Bertz CT molecular complexity index is 1260. The van der Waals surface area contributed by atoms with Crippen LogP contribution in [0.5, 0.6) is 5.75 Å². The highest BCUT2D eigenvalue weighted by Gasteiger charge is 2.28. The summed E-state index contributed by atoms with van der Waals surface area (Å²) in [5.74, 6) is 0.618. The molecule has 3 aromatic rings. The number of likely N-dealkylation sites (N-methyl/N-ethyl adjacent to an activating group) is 1. The fraction of sp³-hybridized carbons (Fsp3) is 0.500. The number of aromatic nitrogens is 2. The van der Waals surface area contributed by atoms with Crippen molar-refractivity contribution in [3.8, 4) is 5.75 Å². The molecule has 8 heteroatoms. The van der Waals surface area contributed by atoms with E-state index in [1.54, 1.807) is 12.1 Å². The smallest absolute Gasteiger partial charge is 0.258 e. The van der Waals surface area contributed by atoms with Crippen molar-refractivity contribution in [2.75, 3.05) is 38.5 Å². The Labute approximate surface area is 212 Å². The highest BCUT2D eigenvalue weighted by atomic mass is 16.3. The number of fused-ring (bicyclic) bond motifs is 2. The van der Waals surface area contributed by atoms with Gasteiger partial charge in [-0.3, -0.25) is 14.8 Å². The topological polar surface area (TPSA) is 87.7 Å². The van der Waals surface area contributed by atoms with E-state index in [0.29, 0.717) is 24.7 Å². The van der Waals surface area contributed by atoms with Crippen molar-refractivity contribution in [2.24, 2.45) is 0 Å². The molecule has 3 aliphatic rings. The van der Waals surface area contributed by atoms with Crippen molar-refractivity contribution in [3.63, 3.8) is 0 Å². The van der Waals surface area contributed by atoms with Gasteiger partial charge in [0.15, 0.2) is 5.82 Å². The van der Waals surface area contributed by atoms with E-state index in [0.717, 1.165) is 62.3 Å². The molecular formula is C28H36N6O2. The molecule has 0 bridgehead atoms. The third-order valence-corrected chi connectivity index (χ3v) is 8.14. The van der Waals surface area contributed by atoms with Crippen LogP contribution in [0.1, 0.15) is 59.2 Å². The number of aromatic amines is 1. The lowest BCUT2D eigenvalue weighted by molar-refractivity contribution is 0.0748. The normalized spacial score (nSPS) is 19.6. The second-order valence-electron chi connectivity index (χ2n) is 10.8. The molecule has 2 aromatic carbocycles. The molecular weight excluding hydrogens is 452 g/mol. The summed E-state index contributed by atoms with van der Waals surface area (Å²) in [4.78, 5) is 20.2. The van der Waals surface area contributed by atoms with Crippen LogP contribution in [-0.2, 0) is 19.6 Å². The van der Waals surface area contributed by atoms with Crippen molar-refractivity contribution >= 4 is 22.6 Å². The monoisotopic (exact) mass is 488 g/mol. The Hall–Kier alpha value is -3.10. The number of carbonyl (C=O) groups is 1. The summed E-state index contributed by atoms with van der Waals surface area (Å²) in [6.45, 7) is 6.48. The second kappa shape index (κ2) is 9.75. The molecule has 36 heavy (non-hydrogen) atoms.